The third kappa shape index (κ3) is 2.69. The first-order chi connectivity index (χ1) is 6.13. The number of hydrogen-bond donors (Lipinski definition) is 1. The van der Waals surface area contributed by atoms with Crippen LogP contribution in [0.5, 0.6) is 0 Å². The minimum absolute atomic E-state index is 0.186. The number of carbonyl (C=O) groups is 1. The van der Waals surface area contributed by atoms with Gasteiger partial charge in [0.1, 0.15) is 12.2 Å². The number of nitrogens with one attached hydrogen (secondary N) is 1. The fourth-order valence-electron chi connectivity index (χ4n) is 1.53. The summed E-state index contributed by atoms with van der Waals surface area (Å²) < 4.78 is 12.7. The van der Waals surface area contributed by atoms with E-state index in [4.69, 9.17) is 5.26 Å². The minimum Gasteiger partial charge on any atom is -0.340 e. The summed E-state index contributed by atoms with van der Waals surface area (Å²) in [5, 5.41) is 11.0. The number of carbonyl (C=O) groups excluding carboxylic acids is 1. The molecule has 0 bridgehead atoms. The number of nitrogens with zero attached hydrogens (tertiary/aromatic N) is 1. The first-order valence-electron chi connectivity index (χ1n) is 4.47. The molecule has 0 saturated heterocycles. The van der Waals surface area contributed by atoms with E-state index in [9.17, 15) is 9.18 Å². The SMILES string of the molecule is C[C@@H](C#N)NC(=O)C1CCC(F)C1. The van der Waals surface area contributed by atoms with Crippen LogP contribution in [0.25, 0.3) is 0 Å². The standard InChI is InChI=1S/C9H13FN2O/c1-6(5-11)12-9(13)7-2-3-8(10)4-7/h6-8H,2-4H2,1H3,(H,12,13)/t6-,7?,8?/m0/s1. The number of amides is 1. The Morgan fingerprint density at radius 3 is 2.85 bits per heavy atom. The van der Waals surface area contributed by atoms with Crippen molar-refractivity contribution in [3.63, 3.8) is 0 Å². The Morgan fingerprint density at radius 1 is 1.69 bits per heavy atom. The van der Waals surface area contributed by atoms with E-state index in [-0.39, 0.29) is 11.8 Å². The molecule has 0 radical (unpaired) electrons. The lowest BCUT2D eigenvalue weighted by atomic mass is 10.1. The van der Waals surface area contributed by atoms with Crippen molar-refractivity contribution in [1.29, 1.82) is 5.26 Å². The van der Waals surface area contributed by atoms with E-state index >= 15 is 0 Å². The first-order valence-corrected chi connectivity index (χ1v) is 4.47. The maximum Gasteiger partial charge on any atom is 0.224 e. The highest BCUT2D eigenvalue weighted by atomic mass is 19.1. The molecule has 1 aliphatic carbocycles. The van der Waals surface area contributed by atoms with Gasteiger partial charge in [-0.05, 0) is 26.2 Å². The molecule has 3 nitrogen and oxygen atoms in total. The maximum absolute atomic E-state index is 12.7. The van der Waals surface area contributed by atoms with Crippen molar-refractivity contribution in [3.05, 3.63) is 0 Å². The summed E-state index contributed by atoms with van der Waals surface area (Å²) in [5.74, 6) is -0.417. The fourth-order valence-corrected chi connectivity index (χ4v) is 1.53. The average Bonchev–Trinajstić information content (AvgIpc) is 2.51. The molecule has 3 atom stereocenters. The smallest absolute Gasteiger partial charge is 0.224 e. The number of rotatable bonds is 2. The Labute approximate surface area is 76.9 Å². The fraction of sp³-hybridized carbons (Fsp3) is 0.778. The van der Waals surface area contributed by atoms with Gasteiger partial charge in [0.05, 0.1) is 6.07 Å². The normalized spacial score (nSPS) is 29.3. The predicted octanol–water partition coefficient (Wildman–Crippen LogP) is 1.15. The van der Waals surface area contributed by atoms with Gasteiger partial charge in [0.25, 0.3) is 0 Å². The van der Waals surface area contributed by atoms with E-state index in [1.807, 2.05) is 6.07 Å². The third-order valence-electron chi connectivity index (χ3n) is 2.29. The predicted molar refractivity (Wildman–Crippen MR) is 45.5 cm³/mol. The molecular formula is C9H13FN2O. The van der Waals surface area contributed by atoms with Crippen molar-refractivity contribution in [1.82, 2.24) is 5.32 Å². The quantitative estimate of drug-likeness (QED) is 0.700. The molecule has 1 N–H and O–H groups in total. The number of hydrogen-bond acceptors (Lipinski definition) is 2. The zero-order valence-corrected chi connectivity index (χ0v) is 7.59. The molecule has 0 heterocycles. The second kappa shape index (κ2) is 4.22. The molecule has 0 aromatic heterocycles. The van der Waals surface area contributed by atoms with Crippen molar-refractivity contribution in [3.8, 4) is 6.07 Å². The molecule has 2 unspecified atom stereocenters. The van der Waals surface area contributed by atoms with E-state index in [0.717, 1.165) is 0 Å². The Hall–Kier alpha value is -1.11. The molecule has 72 valence electrons. The summed E-state index contributed by atoms with van der Waals surface area (Å²) in [5.41, 5.74) is 0. The lowest BCUT2D eigenvalue weighted by Crippen LogP contribution is -2.35. The first kappa shape index (κ1) is 9.97. The van der Waals surface area contributed by atoms with Gasteiger partial charge in [-0.15, -0.1) is 0 Å². The van der Waals surface area contributed by atoms with Crippen LogP contribution in [-0.2, 0) is 4.79 Å². The van der Waals surface area contributed by atoms with Crippen LogP contribution in [0, 0.1) is 17.2 Å². The molecule has 1 saturated carbocycles. The lowest BCUT2D eigenvalue weighted by molar-refractivity contribution is -0.125. The molecular weight excluding hydrogens is 171 g/mol. The van der Waals surface area contributed by atoms with Crippen LogP contribution in [-0.4, -0.2) is 18.1 Å². The molecule has 4 heteroatoms. The van der Waals surface area contributed by atoms with Crippen molar-refractivity contribution < 1.29 is 9.18 Å². The van der Waals surface area contributed by atoms with Gasteiger partial charge < -0.3 is 5.32 Å². The van der Waals surface area contributed by atoms with Crippen LogP contribution >= 0.6 is 0 Å². The van der Waals surface area contributed by atoms with Gasteiger partial charge >= 0.3 is 0 Å². The lowest BCUT2D eigenvalue weighted by Gasteiger charge is -2.10. The topological polar surface area (TPSA) is 52.9 Å². The summed E-state index contributed by atoms with van der Waals surface area (Å²) in [6, 6.07) is 1.42. The summed E-state index contributed by atoms with van der Waals surface area (Å²) >= 11 is 0. The van der Waals surface area contributed by atoms with Gasteiger partial charge in [0.15, 0.2) is 0 Å². The van der Waals surface area contributed by atoms with Crippen molar-refractivity contribution in [2.45, 2.75) is 38.4 Å². The molecule has 13 heavy (non-hydrogen) atoms. The number of alkyl halides is 1. The van der Waals surface area contributed by atoms with Crippen molar-refractivity contribution >= 4 is 5.91 Å². The zero-order chi connectivity index (χ0) is 9.84. The van der Waals surface area contributed by atoms with Gasteiger partial charge in [-0.25, -0.2) is 4.39 Å². The highest BCUT2D eigenvalue weighted by molar-refractivity contribution is 5.79. The van der Waals surface area contributed by atoms with E-state index in [0.29, 0.717) is 19.3 Å². The summed E-state index contributed by atoms with van der Waals surface area (Å²) in [7, 11) is 0. The van der Waals surface area contributed by atoms with Crippen LogP contribution in [0.4, 0.5) is 4.39 Å². The Morgan fingerprint density at radius 2 is 2.38 bits per heavy atom. The highest BCUT2D eigenvalue weighted by Gasteiger charge is 2.30. The Bertz CT molecular complexity index is 236. The average molecular weight is 184 g/mol. The molecule has 1 rings (SSSR count). The van der Waals surface area contributed by atoms with Crippen LogP contribution in [0.2, 0.25) is 0 Å². The summed E-state index contributed by atoms with van der Waals surface area (Å²) in [6.07, 6.45) is 0.543. The van der Waals surface area contributed by atoms with E-state index in [1.54, 1.807) is 6.92 Å². The zero-order valence-electron chi connectivity index (χ0n) is 7.59. The van der Waals surface area contributed by atoms with E-state index in [1.165, 1.54) is 0 Å². The molecule has 1 aliphatic rings. The van der Waals surface area contributed by atoms with Crippen LogP contribution < -0.4 is 5.32 Å². The van der Waals surface area contributed by atoms with Gasteiger partial charge in [-0.3, -0.25) is 4.79 Å². The maximum atomic E-state index is 12.7. The number of nitriles is 1. The largest absolute Gasteiger partial charge is 0.340 e. The minimum atomic E-state index is -0.840. The second-order valence-corrected chi connectivity index (χ2v) is 3.47. The van der Waals surface area contributed by atoms with Gasteiger partial charge in [-0.2, -0.15) is 5.26 Å². The van der Waals surface area contributed by atoms with Crippen LogP contribution in [0.1, 0.15) is 26.2 Å². The Kier molecular flexibility index (Phi) is 3.24. The molecule has 0 spiro atoms. The second-order valence-electron chi connectivity index (χ2n) is 3.47. The highest BCUT2D eigenvalue weighted by Crippen LogP contribution is 2.27. The third-order valence-corrected chi connectivity index (χ3v) is 2.29. The summed E-state index contributed by atoms with van der Waals surface area (Å²) in [4.78, 5) is 11.3. The molecule has 1 amide bonds. The molecule has 0 aromatic carbocycles. The van der Waals surface area contributed by atoms with Crippen molar-refractivity contribution in [2.75, 3.05) is 0 Å². The molecule has 0 aromatic rings. The van der Waals surface area contributed by atoms with E-state index in [2.05, 4.69) is 5.32 Å². The van der Waals surface area contributed by atoms with Gasteiger partial charge in [0, 0.05) is 5.92 Å². The van der Waals surface area contributed by atoms with Crippen LogP contribution in [0.15, 0.2) is 0 Å². The Balaban J connectivity index is 2.37. The van der Waals surface area contributed by atoms with Gasteiger partial charge in [0.2, 0.25) is 5.91 Å². The van der Waals surface area contributed by atoms with Crippen LogP contribution in [0.3, 0.4) is 0 Å². The van der Waals surface area contributed by atoms with Crippen molar-refractivity contribution in [2.24, 2.45) is 5.92 Å². The monoisotopic (exact) mass is 184 g/mol. The van der Waals surface area contributed by atoms with Gasteiger partial charge in [-0.1, -0.05) is 0 Å². The summed E-state index contributed by atoms with van der Waals surface area (Å²) in [6.45, 7) is 1.61. The number of halogens is 1. The molecule has 0 aliphatic heterocycles. The molecule has 1 fully saturated rings. The van der Waals surface area contributed by atoms with E-state index < -0.39 is 12.2 Å².